The zero-order chi connectivity index (χ0) is 13.1. The fraction of sp³-hybridized carbons (Fsp3) is 0.538. The number of hydrogen-bond acceptors (Lipinski definition) is 2. The number of rotatable bonds is 3. The van der Waals surface area contributed by atoms with E-state index in [1.54, 1.807) is 4.90 Å². The van der Waals surface area contributed by atoms with Crippen LogP contribution in [0.5, 0.6) is 0 Å². The van der Waals surface area contributed by atoms with Crippen molar-refractivity contribution in [3.05, 3.63) is 29.6 Å². The largest absolute Gasteiger partial charge is 0.364 e. The molecule has 0 radical (unpaired) electrons. The number of anilines is 1. The Morgan fingerprint density at radius 3 is 2.56 bits per heavy atom. The third-order valence-electron chi connectivity index (χ3n) is 3.19. The molecule has 0 spiro atoms. The smallest absolute Gasteiger partial charge is 0.152 e. The molecule has 2 rings (SSSR count). The molecule has 1 fully saturated rings. The summed E-state index contributed by atoms with van der Waals surface area (Å²) in [5, 5.41) is 3.31. The Hall–Kier alpha value is -1.23. The third-order valence-corrected chi connectivity index (χ3v) is 3.19. The molecular weight excluding hydrogens is 241 g/mol. The SMILES string of the molecule is CCCC1CN(c2c(F)cc(F)cc2F)CCN1. The number of hydrogen-bond donors (Lipinski definition) is 1. The third kappa shape index (κ3) is 2.77. The van der Waals surface area contributed by atoms with Gasteiger partial charge in [0.1, 0.15) is 11.5 Å². The highest BCUT2D eigenvalue weighted by Crippen LogP contribution is 2.25. The molecule has 1 atom stereocenters. The topological polar surface area (TPSA) is 15.3 Å². The van der Waals surface area contributed by atoms with Crippen molar-refractivity contribution >= 4 is 5.69 Å². The van der Waals surface area contributed by atoms with Crippen molar-refractivity contribution in [1.82, 2.24) is 5.32 Å². The van der Waals surface area contributed by atoms with Gasteiger partial charge >= 0.3 is 0 Å². The molecule has 0 aromatic heterocycles. The van der Waals surface area contributed by atoms with E-state index < -0.39 is 17.5 Å². The average Bonchev–Trinajstić information content (AvgIpc) is 2.28. The Morgan fingerprint density at radius 2 is 1.94 bits per heavy atom. The van der Waals surface area contributed by atoms with Crippen molar-refractivity contribution in [1.29, 1.82) is 0 Å². The molecule has 0 amide bonds. The van der Waals surface area contributed by atoms with Crippen molar-refractivity contribution in [2.45, 2.75) is 25.8 Å². The number of piperazine rings is 1. The molecule has 1 heterocycles. The highest BCUT2D eigenvalue weighted by Gasteiger charge is 2.24. The summed E-state index contributed by atoms with van der Waals surface area (Å²) in [7, 11) is 0. The minimum Gasteiger partial charge on any atom is -0.364 e. The van der Waals surface area contributed by atoms with Gasteiger partial charge in [0.2, 0.25) is 0 Å². The van der Waals surface area contributed by atoms with Crippen LogP contribution in [0, 0.1) is 17.5 Å². The van der Waals surface area contributed by atoms with Crippen molar-refractivity contribution in [3.63, 3.8) is 0 Å². The highest BCUT2D eigenvalue weighted by atomic mass is 19.1. The van der Waals surface area contributed by atoms with Crippen LogP contribution in [0.25, 0.3) is 0 Å². The Balaban J connectivity index is 2.20. The Labute approximate surface area is 105 Å². The monoisotopic (exact) mass is 258 g/mol. The maximum Gasteiger partial charge on any atom is 0.152 e. The van der Waals surface area contributed by atoms with Gasteiger partial charge in [-0.25, -0.2) is 13.2 Å². The van der Waals surface area contributed by atoms with Crippen LogP contribution >= 0.6 is 0 Å². The first-order valence-corrected chi connectivity index (χ1v) is 6.24. The lowest BCUT2D eigenvalue weighted by atomic mass is 10.1. The molecule has 0 bridgehead atoms. The van der Waals surface area contributed by atoms with E-state index in [4.69, 9.17) is 0 Å². The lowest BCUT2D eigenvalue weighted by Crippen LogP contribution is -2.51. The van der Waals surface area contributed by atoms with E-state index in [-0.39, 0.29) is 11.7 Å². The molecule has 1 unspecified atom stereocenters. The summed E-state index contributed by atoms with van der Waals surface area (Å²) in [5.41, 5.74) is -0.112. The number of nitrogens with one attached hydrogen (secondary N) is 1. The lowest BCUT2D eigenvalue weighted by Gasteiger charge is -2.35. The minimum atomic E-state index is -0.881. The van der Waals surface area contributed by atoms with Crippen LogP contribution in [-0.2, 0) is 0 Å². The van der Waals surface area contributed by atoms with Gasteiger partial charge in [0.05, 0.1) is 0 Å². The molecule has 1 aromatic carbocycles. The molecule has 1 N–H and O–H groups in total. The predicted molar refractivity (Wildman–Crippen MR) is 65.2 cm³/mol. The van der Waals surface area contributed by atoms with Gasteiger partial charge in [0.15, 0.2) is 11.6 Å². The van der Waals surface area contributed by atoms with Crippen LogP contribution in [0.2, 0.25) is 0 Å². The van der Waals surface area contributed by atoms with Gasteiger partial charge < -0.3 is 10.2 Å². The summed E-state index contributed by atoms with van der Waals surface area (Å²) in [6.07, 6.45) is 1.97. The second kappa shape index (κ2) is 5.61. The van der Waals surface area contributed by atoms with Crippen LogP contribution in [0.4, 0.5) is 18.9 Å². The van der Waals surface area contributed by atoms with Gasteiger partial charge in [-0.05, 0) is 6.42 Å². The molecule has 1 aromatic rings. The molecule has 2 nitrogen and oxygen atoms in total. The van der Waals surface area contributed by atoms with E-state index in [0.717, 1.165) is 25.0 Å². The number of halogens is 3. The van der Waals surface area contributed by atoms with Gasteiger partial charge in [0.25, 0.3) is 0 Å². The first kappa shape index (κ1) is 13.2. The molecule has 100 valence electrons. The van der Waals surface area contributed by atoms with E-state index in [9.17, 15) is 13.2 Å². The summed E-state index contributed by atoms with van der Waals surface area (Å²) in [6, 6.07) is 1.69. The van der Waals surface area contributed by atoms with E-state index in [1.807, 2.05) is 0 Å². The van der Waals surface area contributed by atoms with Crippen molar-refractivity contribution < 1.29 is 13.2 Å². The van der Waals surface area contributed by atoms with Gasteiger partial charge in [-0.3, -0.25) is 0 Å². The van der Waals surface area contributed by atoms with Crippen molar-refractivity contribution in [3.8, 4) is 0 Å². The van der Waals surface area contributed by atoms with Gasteiger partial charge in [-0.2, -0.15) is 0 Å². The van der Waals surface area contributed by atoms with Crippen LogP contribution in [-0.4, -0.2) is 25.7 Å². The van der Waals surface area contributed by atoms with Crippen LogP contribution in [0.15, 0.2) is 12.1 Å². The van der Waals surface area contributed by atoms with Gasteiger partial charge in [-0.1, -0.05) is 13.3 Å². The summed E-state index contributed by atoms with van der Waals surface area (Å²) in [5.74, 6) is -2.54. The fourth-order valence-corrected chi connectivity index (χ4v) is 2.41. The Kier molecular flexibility index (Phi) is 4.11. The first-order chi connectivity index (χ1) is 8.61. The zero-order valence-electron chi connectivity index (χ0n) is 10.3. The van der Waals surface area contributed by atoms with E-state index in [0.29, 0.717) is 19.6 Å². The highest BCUT2D eigenvalue weighted by molar-refractivity contribution is 5.50. The second-order valence-electron chi connectivity index (χ2n) is 4.60. The van der Waals surface area contributed by atoms with E-state index in [2.05, 4.69) is 12.2 Å². The van der Waals surface area contributed by atoms with Crippen LogP contribution in [0.1, 0.15) is 19.8 Å². The molecule has 18 heavy (non-hydrogen) atoms. The molecule has 1 aliphatic heterocycles. The number of benzene rings is 1. The summed E-state index contributed by atoms with van der Waals surface area (Å²) in [6.45, 7) is 3.83. The molecular formula is C13H17F3N2. The lowest BCUT2D eigenvalue weighted by molar-refractivity contribution is 0.422. The van der Waals surface area contributed by atoms with Crippen LogP contribution in [0.3, 0.4) is 0 Å². The summed E-state index contributed by atoms with van der Waals surface area (Å²) >= 11 is 0. The Bertz CT molecular complexity index is 398. The van der Waals surface area contributed by atoms with Crippen LogP contribution < -0.4 is 10.2 Å². The molecule has 1 saturated heterocycles. The van der Waals surface area contributed by atoms with Crippen molar-refractivity contribution in [2.24, 2.45) is 0 Å². The maximum atomic E-state index is 13.7. The van der Waals surface area contributed by atoms with E-state index in [1.165, 1.54) is 0 Å². The zero-order valence-corrected chi connectivity index (χ0v) is 10.3. The molecule has 5 heteroatoms. The normalized spacial score (nSPS) is 20.2. The minimum absolute atomic E-state index is 0.112. The first-order valence-electron chi connectivity index (χ1n) is 6.24. The predicted octanol–water partition coefficient (Wildman–Crippen LogP) is 2.68. The molecule has 0 saturated carbocycles. The number of nitrogens with zero attached hydrogens (tertiary/aromatic N) is 1. The fourth-order valence-electron chi connectivity index (χ4n) is 2.41. The average molecular weight is 258 g/mol. The van der Waals surface area contributed by atoms with Gasteiger partial charge in [0, 0.05) is 37.8 Å². The molecule has 1 aliphatic rings. The van der Waals surface area contributed by atoms with Gasteiger partial charge in [-0.15, -0.1) is 0 Å². The van der Waals surface area contributed by atoms with Crippen molar-refractivity contribution in [2.75, 3.05) is 24.5 Å². The standard InChI is InChI=1S/C13H17F3N2/c1-2-3-10-8-18(5-4-17-10)13-11(15)6-9(14)7-12(13)16/h6-7,10,17H,2-5,8H2,1H3. The maximum absolute atomic E-state index is 13.7. The Morgan fingerprint density at radius 1 is 1.28 bits per heavy atom. The van der Waals surface area contributed by atoms with E-state index >= 15 is 0 Å². The summed E-state index contributed by atoms with van der Waals surface area (Å²) < 4.78 is 40.2. The quantitative estimate of drug-likeness (QED) is 0.896. The summed E-state index contributed by atoms with van der Waals surface area (Å²) in [4.78, 5) is 1.65. The second-order valence-corrected chi connectivity index (χ2v) is 4.60. The molecule has 0 aliphatic carbocycles.